The van der Waals surface area contributed by atoms with Gasteiger partial charge in [0.05, 0.1) is 0 Å². The largest absolute Gasteiger partial charge is 0.307 e. The van der Waals surface area contributed by atoms with Crippen molar-refractivity contribution in [2.24, 2.45) is 0 Å². The molecule has 1 aliphatic rings. The van der Waals surface area contributed by atoms with Gasteiger partial charge in [0, 0.05) is 24.0 Å². The molecule has 13 heavy (non-hydrogen) atoms. The van der Waals surface area contributed by atoms with Crippen LogP contribution in [0.2, 0.25) is 0 Å². The fraction of sp³-hybridized carbons (Fsp3) is 0.545. The van der Waals surface area contributed by atoms with Crippen molar-refractivity contribution in [1.82, 2.24) is 10.3 Å². The molecule has 2 rings (SSSR count). The standard InChI is InChI=1S/C11H16N2/c1-9-3-4-10(7-12-9)8-13-11(2)5-6-11/h3-4,7,13H,5-6,8H2,1-2H3. The minimum Gasteiger partial charge on any atom is -0.307 e. The number of hydrogen-bond donors (Lipinski definition) is 1. The molecule has 0 aliphatic heterocycles. The van der Waals surface area contributed by atoms with Crippen LogP contribution in [-0.4, -0.2) is 10.5 Å². The van der Waals surface area contributed by atoms with Crippen molar-refractivity contribution in [3.8, 4) is 0 Å². The summed E-state index contributed by atoms with van der Waals surface area (Å²) in [4.78, 5) is 4.26. The van der Waals surface area contributed by atoms with Crippen LogP contribution in [0.1, 0.15) is 31.0 Å². The first kappa shape index (κ1) is 8.70. The van der Waals surface area contributed by atoms with Gasteiger partial charge in [-0.3, -0.25) is 4.98 Å². The van der Waals surface area contributed by atoms with Crippen molar-refractivity contribution in [2.75, 3.05) is 0 Å². The quantitative estimate of drug-likeness (QED) is 0.762. The molecule has 0 amide bonds. The number of hydrogen-bond acceptors (Lipinski definition) is 2. The maximum Gasteiger partial charge on any atom is 0.0372 e. The topological polar surface area (TPSA) is 24.9 Å². The van der Waals surface area contributed by atoms with E-state index in [0.29, 0.717) is 5.54 Å². The van der Waals surface area contributed by atoms with Gasteiger partial charge in [0.15, 0.2) is 0 Å². The maximum absolute atomic E-state index is 4.26. The molecule has 0 saturated heterocycles. The molecule has 0 atom stereocenters. The van der Waals surface area contributed by atoms with Gasteiger partial charge in [0.2, 0.25) is 0 Å². The third kappa shape index (κ3) is 2.28. The Bertz CT molecular complexity index is 285. The first-order valence-corrected chi connectivity index (χ1v) is 4.85. The third-order valence-corrected chi connectivity index (χ3v) is 2.69. The van der Waals surface area contributed by atoms with Crippen molar-refractivity contribution in [3.05, 3.63) is 29.6 Å². The van der Waals surface area contributed by atoms with Crippen LogP contribution in [0.4, 0.5) is 0 Å². The first-order chi connectivity index (χ1) is 6.18. The molecule has 1 aromatic rings. The van der Waals surface area contributed by atoms with Crippen LogP contribution in [-0.2, 0) is 6.54 Å². The van der Waals surface area contributed by atoms with E-state index in [1.54, 1.807) is 0 Å². The number of pyridine rings is 1. The average molecular weight is 176 g/mol. The summed E-state index contributed by atoms with van der Waals surface area (Å²) in [6.45, 7) is 5.23. The molecule has 1 fully saturated rings. The monoisotopic (exact) mass is 176 g/mol. The summed E-state index contributed by atoms with van der Waals surface area (Å²) in [7, 11) is 0. The van der Waals surface area contributed by atoms with Crippen LogP contribution >= 0.6 is 0 Å². The molecule has 0 unspecified atom stereocenters. The van der Waals surface area contributed by atoms with E-state index in [1.807, 2.05) is 13.1 Å². The lowest BCUT2D eigenvalue weighted by atomic mass is 10.2. The van der Waals surface area contributed by atoms with Crippen molar-refractivity contribution >= 4 is 0 Å². The van der Waals surface area contributed by atoms with Crippen molar-refractivity contribution in [3.63, 3.8) is 0 Å². The number of nitrogens with one attached hydrogen (secondary N) is 1. The van der Waals surface area contributed by atoms with Crippen LogP contribution in [0, 0.1) is 6.92 Å². The summed E-state index contributed by atoms with van der Waals surface area (Å²) in [6.07, 6.45) is 4.58. The van der Waals surface area contributed by atoms with E-state index in [2.05, 4.69) is 29.4 Å². The summed E-state index contributed by atoms with van der Waals surface area (Å²) in [5.74, 6) is 0. The minimum atomic E-state index is 0.422. The van der Waals surface area contributed by atoms with E-state index >= 15 is 0 Å². The summed E-state index contributed by atoms with van der Waals surface area (Å²) >= 11 is 0. The minimum absolute atomic E-state index is 0.422. The van der Waals surface area contributed by atoms with E-state index in [9.17, 15) is 0 Å². The van der Waals surface area contributed by atoms with Gasteiger partial charge in [-0.15, -0.1) is 0 Å². The number of aromatic nitrogens is 1. The van der Waals surface area contributed by atoms with Crippen LogP contribution in [0.25, 0.3) is 0 Å². The van der Waals surface area contributed by atoms with Crippen LogP contribution in [0.3, 0.4) is 0 Å². The molecule has 1 heterocycles. The van der Waals surface area contributed by atoms with Crippen molar-refractivity contribution < 1.29 is 0 Å². The van der Waals surface area contributed by atoms with E-state index in [1.165, 1.54) is 18.4 Å². The number of aryl methyl sites for hydroxylation is 1. The van der Waals surface area contributed by atoms with E-state index in [0.717, 1.165) is 12.2 Å². The Labute approximate surface area is 79.4 Å². The smallest absolute Gasteiger partial charge is 0.0372 e. The van der Waals surface area contributed by atoms with Crippen molar-refractivity contribution in [2.45, 2.75) is 38.8 Å². The number of nitrogens with zero attached hydrogens (tertiary/aromatic N) is 1. The predicted octanol–water partition coefficient (Wildman–Crippen LogP) is 2.03. The Morgan fingerprint density at radius 2 is 2.23 bits per heavy atom. The SMILES string of the molecule is Cc1ccc(CNC2(C)CC2)cn1. The molecule has 2 heteroatoms. The van der Waals surface area contributed by atoms with Crippen molar-refractivity contribution in [1.29, 1.82) is 0 Å². The molecule has 70 valence electrons. The average Bonchev–Trinajstić information content (AvgIpc) is 2.84. The lowest BCUT2D eigenvalue weighted by Gasteiger charge is -2.10. The summed E-state index contributed by atoms with van der Waals surface area (Å²) < 4.78 is 0. The lowest BCUT2D eigenvalue weighted by Crippen LogP contribution is -2.26. The predicted molar refractivity (Wildman–Crippen MR) is 53.5 cm³/mol. The highest BCUT2D eigenvalue weighted by Gasteiger charge is 2.36. The van der Waals surface area contributed by atoms with Crippen LogP contribution < -0.4 is 5.32 Å². The molecule has 2 nitrogen and oxygen atoms in total. The van der Waals surface area contributed by atoms with Gasteiger partial charge in [-0.2, -0.15) is 0 Å². The van der Waals surface area contributed by atoms with Gasteiger partial charge in [-0.05, 0) is 38.3 Å². The highest BCUT2D eigenvalue weighted by molar-refractivity contribution is 5.14. The van der Waals surface area contributed by atoms with Gasteiger partial charge >= 0.3 is 0 Å². The first-order valence-electron chi connectivity index (χ1n) is 4.85. The molecule has 1 aliphatic carbocycles. The lowest BCUT2D eigenvalue weighted by molar-refractivity contribution is 0.537. The van der Waals surface area contributed by atoms with Gasteiger partial charge in [0.25, 0.3) is 0 Å². The van der Waals surface area contributed by atoms with E-state index in [-0.39, 0.29) is 0 Å². The molecule has 0 spiro atoms. The van der Waals surface area contributed by atoms with Gasteiger partial charge < -0.3 is 5.32 Å². The Hall–Kier alpha value is -0.890. The molecule has 0 aromatic carbocycles. The molecule has 1 aromatic heterocycles. The Balaban J connectivity index is 1.91. The van der Waals surface area contributed by atoms with E-state index < -0.39 is 0 Å². The molecule has 1 N–H and O–H groups in total. The second-order valence-electron chi connectivity index (χ2n) is 4.22. The summed E-state index contributed by atoms with van der Waals surface area (Å²) in [5, 5.41) is 3.53. The zero-order valence-corrected chi connectivity index (χ0v) is 8.30. The summed E-state index contributed by atoms with van der Waals surface area (Å²) in [5.41, 5.74) is 2.78. The van der Waals surface area contributed by atoms with Crippen LogP contribution in [0.5, 0.6) is 0 Å². The van der Waals surface area contributed by atoms with Gasteiger partial charge in [-0.25, -0.2) is 0 Å². The second-order valence-corrected chi connectivity index (χ2v) is 4.22. The number of rotatable bonds is 3. The Kier molecular flexibility index (Phi) is 2.08. The maximum atomic E-state index is 4.26. The molecule has 0 radical (unpaired) electrons. The fourth-order valence-electron chi connectivity index (χ4n) is 1.28. The van der Waals surface area contributed by atoms with Crippen LogP contribution in [0.15, 0.2) is 18.3 Å². The van der Waals surface area contributed by atoms with Gasteiger partial charge in [0.1, 0.15) is 0 Å². The normalized spacial score (nSPS) is 18.6. The fourth-order valence-corrected chi connectivity index (χ4v) is 1.28. The highest BCUT2D eigenvalue weighted by atomic mass is 15.0. The Morgan fingerprint density at radius 3 is 2.77 bits per heavy atom. The third-order valence-electron chi connectivity index (χ3n) is 2.69. The molecular weight excluding hydrogens is 160 g/mol. The Morgan fingerprint density at radius 1 is 1.46 bits per heavy atom. The second kappa shape index (κ2) is 3.11. The zero-order chi connectivity index (χ0) is 9.31. The molecule has 1 saturated carbocycles. The summed E-state index contributed by atoms with van der Waals surface area (Å²) in [6, 6.07) is 4.20. The van der Waals surface area contributed by atoms with E-state index in [4.69, 9.17) is 0 Å². The van der Waals surface area contributed by atoms with Gasteiger partial charge in [-0.1, -0.05) is 6.07 Å². The molecular formula is C11H16N2. The zero-order valence-electron chi connectivity index (χ0n) is 8.30. The molecule has 0 bridgehead atoms. The highest BCUT2D eigenvalue weighted by Crippen LogP contribution is 2.34.